The molecule has 0 spiro atoms. The van der Waals surface area contributed by atoms with E-state index in [2.05, 4.69) is 26.0 Å². The Morgan fingerprint density at radius 3 is 2.18 bits per heavy atom. The van der Waals surface area contributed by atoms with E-state index in [0.29, 0.717) is 15.8 Å². The van der Waals surface area contributed by atoms with Gasteiger partial charge in [0, 0.05) is 15.8 Å². The molecule has 0 atom stereocenters. The zero-order valence-electron chi connectivity index (χ0n) is 14.7. The lowest BCUT2D eigenvalue weighted by Gasteiger charge is -2.10. The van der Waals surface area contributed by atoms with Gasteiger partial charge in [-0.15, -0.1) is 0 Å². The first-order chi connectivity index (χ1) is 13.2. The van der Waals surface area contributed by atoms with Crippen LogP contribution in [-0.2, 0) is 10.0 Å². The van der Waals surface area contributed by atoms with E-state index in [9.17, 15) is 17.6 Å². The van der Waals surface area contributed by atoms with Crippen LogP contribution >= 0.6 is 15.9 Å². The fourth-order valence-electron chi connectivity index (χ4n) is 2.42. The van der Waals surface area contributed by atoms with Gasteiger partial charge in [-0.3, -0.25) is 9.52 Å². The van der Waals surface area contributed by atoms with Crippen LogP contribution < -0.4 is 10.0 Å². The van der Waals surface area contributed by atoms with Crippen molar-refractivity contribution in [2.45, 2.75) is 11.8 Å². The predicted octanol–water partition coefficient (Wildman–Crippen LogP) is 4.95. The summed E-state index contributed by atoms with van der Waals surface area (Å²) in [5.74, 6) is -1.24. The molecule has 2 N–H and O–H groups in total. The van der Waals surface area contributed by atoms with Gasteiger partial charge in [0.1, 0.15) is 5.82 Å². The first kappa shape index (κ1) is 20.0. The van der Waals surface area contributed by atoms with Crippen LogP contribution in [0.3, 0.4) is 0 Å². The van der Waals surface area contributed by atoms with Crippen LogP contribution in [-0.4, -0.2) is 14.3 Å². The van der Waals surface area contributed by atoms with Gasteiger partial charge in [-0.2, -0.15) is 0 Å². The maximum atomic E-state index is 13.8. The minimum Gasteiger partial charge on any atom is -0.322 e. The van der Waals surface area contributed by atoms with Gasteiger partial charge in [0.15, 0.2) is 0 Å². The first-order valence-electron chi connectivity index (χ1n) is 8.20. The Kier molecular flexibility index (Phi) is 5.81. The summed E-state index contributed by atoms with van der Waals surface area (Å²) >= 11 is 3.20. The molecule has 8 heteroatoms. The summed E-state index contributed by atoms with van der Waals surface area (Å²) in [4.78, 5) is 12.4. The lowest BCUT2D eigenvalue weighted by Crippen LogP contribution is -2.14. The number of carbonyl (C=O) groups is 1. The molecule has 1 amide bonds. The third-order valence-electron chi connectivity index (χ3n) is 3.90. The number of amides is 1. The van der Waals surface area contributed by atoms with Crippen LogP contribution in [0.5, 0.6) is 0 Å². The molecule has 0 heterocycles. The smallest absolute Gasteiger partial charge is 0.261 e. The lowest BCUT2D eigenvalue weighted by molar-refractivity contribution is 0.102. The Bertz CT molecular complexity index is 1120. The van der Waals surface area contributed by atoms with Gasteiger partial charge in [0.05, 0.1) is 10.5 Å². The maximum Gasteiger partial charge on any atom is 0.261 e. The standard InChI is InChI=1S/C20H16BrFN2O3S/c1-13-2-9-17(10-3-13)28(26,27)24-16-7-5-15(6-8-16)23-20(25)18-12-14(21)4-11-19(18)22/h2-12,24H,1H3,(H,23,25). The van der Waals surface area contributed by atoms with Crippen molar-refractivity contribution in [2.24, 2.45) is 0 Å². The molecular formula is C20H16BrFN2O3S. The van der Waals surface area contributed by atoms with Crippen molar-refractivity contribution in [2.75, 3.05) is 10.0 Å². The number of benzene rings is 3. The summed E-state index contributed by atoms with van der Waals surface area (Å²) in [7, 11) is -3.71. The molecule has 0 saturated carbocycles. The molecule has 0 fully saturated rings. The van der Waals surface area contributed by atoms with Crippen molar-refractivity contribution in [1.29, 1.82) is 0 Å². The molecule has 5 nitrogen and oxygen atoms in total. The second-order valence-electron chi connectivity index (χ2n) is 6.07. The summed E-state index contributed by atoms with van der Waals surface area (Å²) in [5.41, 5.74) is 1.61. The predicted molar refractivity (Wildman–Crippen MR) is 110 cm³/mol. The number of hydrogen-bond acceptors (Lipinski definition) is 3. The van der Waals surface area contributed by atoms with E-state index in [1.807, 2.05) is 6.92 Å². The van der Waals surface area contributed by atoms with Crippen LogP contribution in [0.1, 0.15) is 15.9 Å². The SMILES string of the molecule is Cc1ccc(S(=O)(=O)Nc2ccc(NC(=O)c3cc(Br)ccc3F)cc2)cc1. The second kappa shape index (κ2) is 8.12. The molecule has 0 aliphatic heterocycles. The molecule has 0 saturated heterocycles. The molecule has 3 aromatic carbocycles. The van der Waals surface area contributed by atoms with Gasteiger partial charge in [0.2, 0.25) is 0 Å². The van der Waals surface area contributed by atoms with Crippen LogP contribution in [0.2, 0.25) is 0 Å². The zero-order valence-corrected chi connectivity index (χ0v) is 17.1. The molecule has 0 aliphatic rings. The molecule has 3 aromatic rings. The molecule has 144 valence electrons. The highest BCUT2D eigenvalue weighted by Crippen LogP contribution is 2.21. The highest BCUT2D eigenvalue weighted by molar-refractivity contribution is 9.10. The van der Waals surface area contributed by atoms with Gasteiger partial charge < -0.3 is 5.32 Å². The normalized spacial score (nSPS) is 11.1. The average molecular weight is 463 g/mol. The van der Waals surface area contributed by atoms with E-state index in [0.717, 1.165) is 5.56 Å². The minimum absolute atomic E-state index is 0.0986. The third-order valence-corrected chi connectivity index (χ3v) is 5.79. The van der Waals surface area contributed by atoms with Crippen LogP contribution in [0.4, 0.5) is 15.8 Å². The minimum atomic E-state index is -3.71. The highest BCUT2D eigenvalue weighted by Gasteiger charge is 2.15. The molecule has 0 bridgehead atoms. The van der Waals surface area contributed by atoms with Crippen molar-refractivity contribution in [3.05, 3.63) is 88.1 Å². The fraction of sp³-hybridized carbons (Fsp3) is 0.0500. The monoisotopic (exact) mass is 462 g/mol. The van der Waals surface area contributed by atoms with Crippen molar-refractivity contribution in [3.63, 3.8) is 0 Å². The van der Waals surface area contributed by atoms with E-state index < -0.39 is 21.7 Å². The zero-order chi connectivity index (χ0) is 20.3. The Balaban J connectivity index is 1.72. The Morgan fingerprint density at radius 1 is 0.929 bits per heavy atom. The second-order valence-corrected chi connectivity index (χ2v) is 8.67. The molecule has 3 rings (SSSR count). The largest absolute Gasteiger partial charge is 0.322 e. The fourth-order valence-corrected chi connectivity index (χ4v) is 3.84. The molecule has 0 radical (unpaired) electrons. The van der Waals surface area contributed by atoms with Gasteiger partial charge in [-0.1, -0.05) is 33.6 Å². The topological polar surface area (TPSA) is 75.3 Å². The van der Waals surface area contributed by atoms with Gasteiger partial charge >= 0.3 is 0 Å². The number of nitrogens with one attached hydrogen (secondary N) is 2. The third kappa shape index (κ3) is 4.76. The number of hydrogen-bond donors (Lipinski definition) is 2. The first-order valence-corrected chi connectivity index (χ1v) is 10.5. The van der Waals surface area contributed by atoms with Crippen LogP contribution in [0.25, 0.3) is 0 Å². The molecule has 0 unspecified atom stereocenters. The average Bonchev–Trinajstić information content (AvgIpc) is 2.65. The molecular weight excluding hydrogens is 447 g/mol. The number of rotatable bonds is 5. The van der Waals surface area contributed by atoms with Crippen LogP contribution in [0.15, 0.2) is 76.1 Å². The number of sulfonamides is 1. The number of aryl methyl sites for hydroxylation is 1. The summed E-state index contributed by atoms with van der Waals surface area (Å²) < 4.78 is 41.7. The van der Waals surface area contributed by atoms with Gasteiger partial charge in [-0.05, 0) is 61.5 Å². The number of anilines is 2. The van der Waals surface area contributed by atoms with E-state index in [-0.39, 0.29) is 10.5 Å². The van der Waals surface area contributed by atoms with E-state index in [4.69, 9.17) is 0 Å². The molecule has 28 heavy (non-hydrogen) atoms. The van der Waals surface area contributed by atoms with Gasteiger partial charge in [0.25, 0.3) is 15.9 Å². The van der Waals surface area contributed by atoms with E-state index in [1.54, 1.807) is 12.1 Å². The number of halogens is 2. The molecule has 0 aromatic heterocycles. The van der Waals surface area contributed by atoms with E-state index in [1.165, 1.54) is 54.6 Å². The summed E-state index contributed by atoms with van der Waals surface area (Å²) in [5, 5.41) is 2.58. The molecule has 0 aliphatic carbocycles. The van der Waals surface area contributed by atoms with Crippen molar-refractivity contribution >= 4 is 43.2 Å². The van der Waals surface area contributed by atoms with Crippen molar-refractivity contribution in [3.8, 4) is 0 Å². The Labute approximate surface area is 170 Å². The van der Waals surface area contributed by atoms with Crippen LogP contribution in [0, 0.1) is 12.7 Å². The highest BCUT2D eigenvalue weighted by atomic mass is 79.9. The van der Waals surface area contributed by atoms with E-state index >= 15 is 0 Å². The lowest BCUT2D eigenvalue weighted by atomic mass is 10.2. The number of carbonyl (C=O) groups excluding carboxylic acids is 1. The quantitative estimate of drug-likeness (QED) is 0.563. The van der Waals surface area contributed by atoms with Gasteiger partial charge in [-0.25, -0.2) is 12.8 Å². The maximum absolute atomic E-state index is 13.8. The van der Waals surface area contributed by atoms with Crippen molar-refractivity contribution < 1.29 is 17.6 Å². The van der Waals surface area contributed by atoms with Crippen molar-refractivity contribution in [1.82, 2.24) is 0 Å². The summed E-state index contributed by atoms with van der Waals surface area (Å²) in [6, 6.07) is 16.6. The summed E-state index contributed by atoms with van der Waals surface area (Å²) in [6.45, 7) is 1.87. The summed E-state index contributed by atoms with van der Waals surface area (Å²) in [6.07, 6.45) is 0. The Hall–Kier alpha value is -2.71. The Morgan fingerprint density at radius 2 is 1.54 bits per heavy atom.